The Hall–Kier alpha value is -3.42. The number of hydrogen-bond donors (Lipinski definition) is 1. The van der Waals surface area contributed by atoms with E-state index in [1.807, 2.05) is 27.7 Å². The summed E-state index contributed by atoms with van der Waals surface area (Å²) in [5.41, 5.74) is 2.23. The molecule has 0 radical (unpaired) electrons. The topological polar surface area (TPSA) is 95.3 Å². The van der Waals surface area contributed by atoms with Gasteiger partial charge in [-0.2, -0.15) is 5.10 Å². The van der Waals surface area contributed by atoms with Crippen LogP contribution in [0.25, 0.3) is 11.0 Å². The highest BCUT2D eigenvalue weighted by Crippen LogP contribution is 2.26. The molecule has 0 aliphatic heterocycles. The Morgan fingerprint density at radius 1 is 1.10 bits per heavy atom. The van der Waals surface area contributed by atoms with E-state index in [-0.39, 0.29) is 12.0 Å². The number of nitrogens with one attached hydrogen (secondary N) is 1. The smallest absolute Gasteiger partial charge is 0.339 e. The fourth-order valence-corrected chi connectivity index (χ4v) is 3.14. The van der Waals surface area contributed by atoms with E-state index in [0.29, 0.717) is 28.0 Å². The average molecular weight is 425 g/mol. The van der Waals surface area contributed by atoms with Crippen molar-refractivity contribution >= 4 is 28.6 Å². The minimum atomic E-state index is -1.01. The number of anilines is 1. The maximum atomic E-state index is 13.0. The third kappa shape index (κ3) is 4.68. The lowest BCUT2D eigenvalue weighted by Gasteiger charge is -2.16. The first-order valence-electron chi connectivity index (χ1n) is 10.3. The van der Waals surface area contributed by atoms with Crippen LogP contribution in [0.2, 0.25) is 0 Å². The SMILES string of the molecule is COc1ccccc1NC(=O)[C@H](C)OC(=O)c1cc(C(C)C)nc2c1cnn2C(C)C. The maximum Gasteiger partial charge on any atom is 0.339 e. The molecule has 1 amide bonds. The number of benzene rings is 1. The van der Waals surface area contributed by atoms with Crippen LogP contribution < -0.4 is 10.1 Å². The van der Waals surface area contributed by atoms with Gasteiger partial charge < -0.3 is 14.8 Å². The number of methoxy groups -OCH3 is 1. The quantitative estimate of drug-likeness (QED) is 0.567. The van der Waals surface area contributed by atoms with E-state index in [9.17, 15) is 9.59 Å². The zero-order valence-corrected chi connectivity index (χ0v) is 18.7. The van der Waals surface area contributed by atoms with E-state index in [1.165, 1.54) is 14.0 Å². The highest BCUT2D eigenvalue weighted by atomic mass is 16.5. The number of pyridine rings is 1. The monoisotopic (exact) mass is 424 g/mol. The normalized spacial score (nSPS) is 12.3. The summed E-state index contributed by atoms with van der Waals surface area (Å²) in [6.45, 7) is 9.53. The standard InChI is InChI=1S/C23H28N4O4/c1-13(2)19-11-16(17-12-24-27(14(3)4)21(17)25-19)23(29)31-15(5)22(28)26-18-9-7-8-10-20(18)30-6/h7-15H,1-6H3,(H,26,28)/t15-/m0/s1. The molecule has 2 aromatic heterocycles. The maximum absolute atomic E-state index is 13.0. The van der Waals surface area contributed by atoms with E-state index >= 15 is 0 Å². The van der Waals surface area contributed by atoms with Gasteiger partial charge >= 0.3 is 5.97 Å². The highest BCUT2D eigenvalue weighted by Gasteiger charge is 2.24. The summed E-state index contributed by atoms with van der Waals surface area (Å²) in [4.78, 5) is 30.3. The summed E-state index contributed by atoms with van der Waals surface area (Å²) in [5, 5.41) is 7.71. The number of fused-ring (bicyclic) bond motifs is 1. The summed E-state index contributed by atoms with van der Waals surface area (Å²) in [6.07, 6.45) is 0.603. The second-order valence-electron chi connectivity index (χ2n) is 7.91. The average Bonchev–Trinajstić information content (AvgIpc) is 3.17. The van der Waals surface area contributed by atoms with Gasteiger partial charge in [0, 0.05) is 11.7 Å². The first-order chi connectivity index (χ1) is 14.7. The van der Waals surface area contributed by atoms with Crippen LogP contribution in [0.15, 0.2) is 36.5 Å². The molecule has 2 heterocycles. The Morgan fingerprint density at radius 3 is 2.45 bits per heavy atom. The molecule has 0 spiro atoms. The third-order valence-electron chi connectivity index (χ3n) is 4.91. The Kier molecular flexibility index (Phi) is 6.58. The Balaban J connectivity index is 1.86. The molecule has 164 valence electrons. The van der Waals surface area contributed by atoms with Crippen LogP contribution in [0, 0.1) is 0 Å². The van der Waals surface area contributed by atoms with E-state index in [1.54, 1.807) is 41.2 Å². The van der Waals surface area contributed by atoms with Gasteiger partial charge in [0.15, 0.2) is 11.8 Å². The van der Waals surface area contributed by atoms with Gasteiger partial charge in [0.2, 0.25) is 0 Å². The second-order valence-corrected chi connectivity index (χ2v) is 7.91. The van der Waals surface area contributed by atoms with Crippen molar-refractivity contribution in [3.8, 4) is 5.75 Å². The molecule has 31 heavy (non-hydrogen) atoms. The molecule has 8 heteroatoms. The molecule has 0 saturated carbocycles. The highest BCUT2D eigenvalue weighted by molar-refractivity contribution is 6.04. The van der Waals surface area contributed by atoms with Crippen molar-refractivity contribution in [2.45, 2.75) is 52.7 Å². The van der Waals surface area contributed by atoms with Gasteiger partial charge in [-0.15, -0.1) is 0 Å². The van der Waals surface area contributed by atoms with Gasteiger partial charge in [-0.05, 0) is 44.9 Å². The third-order valence-corrected chi connectivity index (χ3v) is 4.91. The van der Waals surface area contributed by atoms with Gasteiger partial charge in [0.05, 0.1) is 29.9 Å². The van der Waals surface area contributed by atoms with Crippen LogP contribution in [-0.4, -0.2) is 39.9 Å². The van der Waals surface area contributed by atoms with Gasteiger partial charge in [0.1, 0.15) is 5.75 Å². The molecule has 0 aliphatic rings. The van der Waals surface area contributed by atoms with Crippen molar-refractivity contribution < 1.29 is 19.1 Å². The first kappa shape index (κ1) is 22.3. The molecule has 0 fully saturated rings. The fraction of sp³-hybridized carbons (Fsp3) is 0.391. The fourth-order valence-electron chi connectivity index (χ4n) is 3.14. The number of esters is 1. The van der Waals surface area contributed by atoms with Crippen molar-refractivity contribution in [1.82, 2.24) is 14.8 Å². The van der Waals surface area contributed by atoms with Crippen molar-refractivity contribution in [3.63, 3.8) is 0 Å². The molecule has 0 unspecified atom stereocenters. The van der Waals surface area contributed by atoms with Gasteiger partial charge in [-0.1, -0.05) is 26.0 Å². The summed E-state index contributed by atoms with van der Waals surface area (Å²) < 4.78 is 12.5. The summed E-state index contributed by atoms with van der Waals surface area (Å²) >= 11 is 0. The van der Waals surface area contributed by atoms with Crippen molar-refractivity contribution in [2.75, 3.05) is 12.4 Å². The Morgan fingerprint density at radius 2 is 1.81 bits per heavy atom. The molecule has 3 rings (SSSR count). The Bertz CT molecular complexity index is 1100. The van der Waals surface area contributed by atoms with Gasteiger partial charge in [-0.3, -0.25) is 4.79 Å². The van der Waals surface area contributed by atoms with E-state index in [4.69, 9.17) is 9.47 Å². The van der Waals surface area contributed by atoms with Crippen LogP contribution in [0.4, 0.5) is 5.69 Å². The zero-order valence-electron chi connectivity index (χ0n) is 18.7. The molecule has 0 saturated heterocycles. The number of para-hydroxylation sites is 2. The Labute approximate surface area is 181 Å². The molecule has 8 nitrogen and oxygen atoms in total. The lowest BCUT2D eigenvalue weighted by Crippen LogP contribution is -2.30. The second kappa shape index (κ2) is 9.16. The molecule has 3 aromatic rings. The predicted molar refractivity (Wildman–Crippen MR) is 119 cm³/mol. The molecule has 0 bridgehead atoms. The molecular formula is C23H28N4O4. The largest absolute Gasteiger partial charge is 0.495 e. The molecular weight excluding hydrogens is 396 g/mol. The predicted octanol–water partition coefficient (Wildman–Crippen LogP) is 4.33. The summed E-state index contributed by atoms with van der Waals surface area (Å²) in [6, 6.07) is 8.83. The minimum absolute atomic E-state index is 0.0850. The van der Waals surface area contributed by atoms with Crippen LogP contribution in [0.5, 0.6) is 5.75 Å². The number of ether oxygens (including phenoxy) is 2. The number of carbonyl (C=O) groups is 2. The zero-order chi connectivity index (χ0) is 22.7. The molecule has 0 aliphatic carbocycles. The van der Waals surface area contributed by atoms with Gasteiger partial charge in [-0.25, -0.2) is 14.5 Å². The number of aromatic nitrogens is 3. The lowest BCUT2D eigenvalue weighted by molar-refractivity contribution is -0.123. The lowest BCUT2D eigenvalue weighted by atomic mass is 10.1. The number of amides is 1. The van der Waals surface area contributed by atoms with Crippen LogP contribution in [0.1, 0.15) is 62.6 Å². The summed E-state index contributed by atoms with van der Waals surface area (Å²) in [5.74, 6) is -0.420. The minimum Gasteiger partial charge on any atom is -0.495 e. The molecule has 1 N–H and O–H groups in total. The molecule has 1 atom stereocenters. The van der Waals surface area contributed by atoms with E-state index in [0.717, 1.165) is 5.69 Å². The van der Waals surface area contributed by atoms with Crippen molar-refractivity contribution in [3.05, 3.63) is 47.8 Å². The number of carbonyl (C=O) groups excluding carboxylic acids is 2. The van der Waals surface area contributed by atoms with Crippen LogP contribution in [-0.2, 0) is 9.53 Å². The number of nitrogens with zero attached hydrogens (tertiary/aromatic N) is 3. The molecule has 1 aromatic carbocycles. The number of hydrogen-bond acceptors (Lipinski definition) is 6. The van der Waals surface area contributed by atoms with E-state index < -0.39 is 18.0 Å². The van der Waals surface area contributed by atoms with Crippen LogP contribution >= 0.6 is 0 Å². The van der Waals surface area contributed by atoms with Crippen LogP contribution in [0.3, 0.4) is 0 Å². The van der Waals surface area contributed by atoms with E-state index in [2.05, 4.69) is 15.4 Å². The van der Waals surface area contributed by atoms with Gasteiger partial charge in [0.25, 0.3) is 5.91 Å². The summed E-state index contributed by atoms with van der Waals surface area (Å²) in [7, 11) is 1.52. The van der Waals surface area contributed by atoms with Crippen molar-refractivity contribution in [2.24, 2.45) is 0 Å². The number of rotatable bonds is 7. The van der Waals surface area contributed by atoms with Crippen molar-refractivity contribution in [1.29, 1.82) is 0 Å². The first-order valence-corrected chi connectivity index (χ1v) is 10.3.